The maximum atomic E-state index is 11.5. The molecule has 0 atom stereocenters. The van der Waals surface area contributed by atoms with Gasteiger partial charge in [-0.25, -0.2) is 9.10 Å². The van der Waals surface area contributed by atoms with E-state index in [2.05, 4.69) is 9.99 Å². The molecule has 0 aliphatic heterocycles. The van der Waals surface area contributed by atoms with Crippen LogP contribution in [0.25, 0.3) is 0 Å². The molecule has 19 heavy (non-hydrogen) atoms. The summed E-state index contributed by atoms with van der Waals surface area (Å²) in [4.78, 5) is 26.2. The van der Waals surface area contributed by atoms with Gasteiger partial charge in [-0.2, -0.15) is 0 Å². The topological polar surface area (TPSA) is 85.0 Å². The van der Waals surface area contributed by atoms with E-state index in [1.165, 1.54) is 27.8 Å². The maximum absolute atomic E-state index is 11.5. The molecule has 0 bridgehead atoms. The number of nitro groups is 1. The first-order valence-corrected chi connectivity index (χ1v) is 6.68. The molecule has 11 heteroatoms. The fraction of sp³-hybridized carbons (Fsp3) is 0.750. The van der Waals surface area contributed by atoms with Crippen molar-refractivity contribution >= 4 is 58.6 Å². The van der Waals surface area contributed by atoms with Gasteiger partial charge in [0.15, 0.2) is 0 Å². The minimum atomic E-state index is -1.73. The summed E-state index contributed by atoms with van der Waals surface area (Å²) in [5.74, 6) is 0. The van der Waals surface area contributed by atoms with Crippen molar-refractivity contribution in [1.29, 1.82) is 0 Å². The molecular formula is C8H12Cl3N3O4S. The first-order valence-electron chi connectivity index (χ1n) is 4.78. The van der Waals surface area contributed by atoms with E-state index >= 15 is 0 Å². The van der Waals surface area contributed by atoms with Gasteiger partial charge < -0.3 is 0 Å². The molecule has 0 spiro atoms. The predicted molar refractivity (Wildman–Crippen MR) is 76.3 cm³/mol. The van der Waals surface area contributed by atoms with Crippen LogP contribution in [-0.4, -0.2) is 36.7 Å². The summed E-state index contributed by atoms with van der Waals surface area (Å²) in [6.07, 6.45) is -0.921. The molecule has 1 amide bonds. The van der Waals surface area contributed by atoms with Gasteiger partial charge in [0.05, 0.1) is 0 Å². The van der Waals surface area contributed by atoms with E-state index in [4.69, 9.17) is 34.8 Å². The van der Waals surface area contributed by atoms with Gasteiger partial charge in [0.2, 0.25) is 0 Å². The molecule has 0 rings (SSSR count). The lowest BCUT2D eigenvalue weighted by Crippen LogP contribution is -2.39. The van der Waals surface area contributed by atoms with Gasteiger partial charge in [-0.3, -0.25) is 15.0 Å². The molecule has 0 aliphatic carbocycles. The van der Waals surface area contributed by atoms with Crippen LogP contribution in [0, 0.1) is 10.1 Å². The number of hydrogen-bond donors (Lipinski definition) is 0. The Kier molecular flexibility index (Phi) is 6.67. The molecule has 0 radical (unpaired) electrons. The van der Waals surface area contributed by atoms with Crippen LogP contribution in [0.1, 0.15) is 20.8 Å². The summed E-state index contributed by atoms with van der Waals surface area (Å²) in [6, 6.07) is 0. The Bertz CT molecular complexity index is 397. The second-order valence-corrected chi connectivity index (χ2v) is 8.18. The fourth-order valence-electron chi connectivity index (χ4n) is 0.601. The molecule has 0 aliphatic rings. The van der Waals surface area contributed by atoms with Crippen molar-refractivity contribution in [2.75, 3.05) is 7.05 Å². The maximum Gasteiger partial charge on any atom is 0.445 e. The van der Waals surface area contributed by atoms with Gasteiger partial charge >= 0.3 is 6.09 Å². The highest BCUT2D eigenvalue weighted by atomic mass is 35.6. The Labute approximate surface area is 129 Å². The zero-order valence-corrected chi connectivity index (χ0v) is 13.6. The van der Waals surface area contributed by atoms with Gasteiger partial charge in [-0.05, 0) is 6.92 Å². The van der Waals surface area contributed by atoms with Crippen molar-refractivity contribution in [3.05, 3.63) is 10.1 Å². The lowest BCUT2D eigenvalue weighted by Gasteiger charge is -2.18. The lowest BCUT2D eigenvalue weighted by molar-refractivity contribution is -0.538. The number of rotatable bonds is 4. The standard InChI is InChI=1S/C8H12Cl3N3O4S/c1-5(7(2,3)14(16)17)12-18-6(15)13(4)19-8(9,10)11/h1-4H3. The van der Waals surface area contributed by atoms with Gasteiger partial charge in [0.25, 0.3) is 8.66 Å². The number of alkyl halides is 3. The van der Waals surface area contributed by atoms with Gasteiger partial charge in [0.1, 0.15) is 5.71 Å². The smallest absolute Gasteiger partial charge is 0.297 e. The van der Waals surface area contributed by atoms with Crippen LogP contribution in [0.2, 0.25) is 0 Å². The molecule has 7 nitrogen and oxygen atoms in total. The predicted octanol–water partition coefficient (Wildman–Crippen LogP) is 3.46. The SMILES string of the molecule is CC(=NOC(=O)N(C)SC(Cl)(Cl)Cl)C(C)(C)[N+](=O)[O-]. The van der Waals surface area contributed by atoms with E-state index in [9.17, 15) is 14.9 Å². The van der Waals surface area contributed by atoms with Crippen molar-refractivity contribution in [3.8, 4) is 0 Å². The Hall–Kier alpha value is -0.440. The monoisotopic (exact) mass is 351 g/mol. The Balaban J connectivity index is 4.64. The molecule has 110 valence electrons. The van der Waals surface area contributed by atoms with E-state index in [1.54, 1.807) is 0 Å². The first-order chi connectivity index (χ1) is 8.38. The summed E-state index contributed by atoms with van der Waals surface area (Å²) in [7, 11) is 1.30. The average molecular weight is 353 g/mol. The quantitative estimate of drug-likeness (QED) is 0.193. The molecule has 0 aromatic rings. The molecule has 0 saturated carbocycles. The Morgan fingerprint density at radius 2 is 1.89 bits per heavy atom. The van der Waals surface area contributed by atoms with Gasteiger partial charge in [-0.15, -0.1) is 0 Å². The molecule has 0 aromatic heterocycles. The zero-order valence-electron chi connectivity index (χ0n) is 10.5. The molecular weight excluding hydrogens is 341 g/mol. The molecule has 0 unspecified atom stereocenters. The second-order valence-electron chi connectivity index (χ2n) is 3.88. The van der Waals surface area contributed by atoms with Crippen LogP contribution < -0.4 is 0 Å². The summed E-state index contributed by atoms with van der Waals surface area (Å²) in [5.41, 5.74) is -1.42. The van der Waals surface area contributed by atoms with Gasteiger partial charge in [-0.1, -0.05) is 40.0 Å². The number of nitrogens with zero attached hydrogens (tertiary/aromatic N) is 3. The summed E-state index contributed by atoms with van der Waals surface area (Å²) >= 11 is 17.0. The van der Waals surface area contributed by atoms with E-state index in [0.717, 1.165) is 4.31 Å². The van der Waals surface area contributed by atoms with Crippen LogP contribution >= 0.6 is 46.8 Å². The first kappa shape index (κ1) is 18.6. The average Bonchev–Trinajstić information content (AvgIpc) is 2.22. The van der Waals surface area contributed by atoms with Crippen molar-refractivity contribution in [2.24, 2.45) is 5.16 Å². The van der Waals surface area contributed by atoms with Crippen LogP contribution in [0.5, 0.6) is 0 Å². The number of carbonyl (C=O) groups excluding carboxylic acids is 1. The largest absolute Gasteiger partial charge is 0.445 e. The summed E-state index contributed by atoms with van der Waals surface area (Å²) in [6.45, 7) is 4.04. The third-order valence-corrected chi connectivity index (χ3v) is 3.35. The third-order valence-electron chi connectivity index (χ3n) is 2.10. The normalized spacial score (nSPS) is 13.1. The van der Waals surface area contributed by atoms with Crippen molar-refractivity contribution in [3.63, 3.8) is 0 Å². The fourth-order valence-corrected chi connectivity index (χ4v) is 1.95. The summed E-state index contributed by atoms with van der Waals surface area (Å²) < 4.78 is -0.824. The molecule has 0 fully saturated rings. The van der Waals surface area contributed by atoms with Crippen LogP contribution in [0.4, 0.5) is 4.79 Å². The van der Waals surface area contributed by atoms with Crippen molar-refractivity contribution in [2.45, 2.75) is 29.4 Å². The minimum Gasteiger partial charge on any atom is -0.297 e. The molecule has 0 aromatic carbocycles. The number of halogens is 3. The zero-order chi connectivity index (χ0) is 15.4. The second kappa shape index (κ2) is 6.83. The van der Waals surface area contributed by atoms with E-state index < -0.39 is 19.7 Å². The highest BCUT2D eigenvalue weighted by Gasteiger charge is 2.35. The lowest BCUT2D eigenvalue weighted by atomic mass is 10.0. The Morgan fingerprint density at radius 1 is 1.42 bits per heavy atom. The van der Waals surface area contributed by atoms with Crippen LogP contribution in [-0.2, 0) is 4.84 Å². The number of carbonyl (C=O) groups is 1. The number of oxime groups is 1. The Morgan fingerprint density at radius 3 is 2.26 bits per heavy atom. The molecule has 0 N–H and O–H groups in total. The third kappa shape index (κ3) is 6.51. The van der Waals surface area contributed by atoms with E-state index in [-0.39, 0.29) is 5.71 Å². The molecule has 0 heterocycles. The van der Waals surface area contributed by atoms with Crippen molar-refractivity contribution < 1.29 is 14.6 Å². The van der Waals surface area contributed by atoms with Crippen LogP contribution in [0.15, 0.2) is 5.16 Å². The van der Waals surface area contributed by atoms with Crippen LogP contribution in [0.3, 0.4) is 0 Å². The molecule has 0 saturated heterocycles. The van der Waals surface area contributed by atoms with E-state index in [1.807, 2.05) is 0 Å². The highest BCUT2D eigenvalue weighted by molar-refractivity contribution is 8.03. The summed E-state index contributed by atoms with van der Waals surface area (Å²) in [5, 5.41) is 14.2. The number of amides is 1. The minimum absolute atomic E-state index is 0.0260. The van der Waals surface area contributed by atoms with Gasteiger partial charge in [0, 0.05) is 37.8 Å². The highest BCUT2D eigenvalue weighted by Crippen LogP contribution is 2.40. The van der Waals surface area contributed by atoms with E-state index in [0.29, 0.717) is 11.9 Å². The van der Waals surface area contributed by atoms with Crippen molar-refractivity contribution in [1.82, 2.24) is 4.31 Å². The number of hydrogen-bond acceptors (Lipinski definition) is 6.